The standard InChI is InChI=1S/C11H11F2NO5/c1-3-18-11(15)10(13)19-9-4-6(2)8(14(16)17)5-7(9)12/h4-5,10H,3H2,1-2H3. The quantitative estimate of drug-likeness (QED) is 0.468. The molecule has 0 heterocycles. The molecule has 104 valence electrons. The van der Waals surface area contributed by atoms with E-state index < -0.39 is 34.5 Å². The third-order valence-electron chi connectivity index (χ3n) is 2.15. The van der Waals surface area contributed by atoms with Crippen molar-refractivity contribution in [3.63, 3.8) is 0 Å². The van der Waals surface area contributed by atoms with Gasteiger partial charge in [-0.3, -0.25) is 10.1 Å². The summed E-state index contributed by atoms with van der Waals surface area (Å²) < 4.78 is 35.5. The summed E-state index contributed by atoms with van der Waals surface area (Å²) in [5.74, 6) is -3.02. The van der Waals surface area contributed by atoms with Gasteiger partial charge in [0.2, 0.25) is 0 Å². The van der Waals surface area contributed by atoms with E-state index in [0.29, 0.717) is 6.07 Å². The lowest BCUT2D eigenvalue weighted by Crippen LogP contribution is -2.25. The molecular formula is C11H11F2NO5. The van der Waals surface area contributed by atoms with Gasteiger partial charge in [0.15, 0.2) is 11.6 Å². The van der Waals surface area contributed by atoms with Gasteiger partial charge in [0.1, 0.15) is 0 Å². The zero-order valence-corrected chi connectivity index (χ0v) is 10.2. The average molecular weight is 275 g/mol. The van der Waals surface area contributed by atoms with Gasteiger partial charge in [-0.25, -0.2) is 9.18 Å². The summed E-state index contributed by atoms with van der Waals surface area (Å²) in [4.78, 5) is 20.7. The molecule has 0 saturated heterocycles. The Kier molecular flexibility index (Phi) is 4.74. The first-order valence-electron chi connectivity index (χ1n) is 5.28. The monoisotopic (exact) mass is 275 g/mol. The van der Waals surface area contributed by atoms with Crippen LogP contribution in [0.3, 0.4) is 0 Å². The van der Waals surface area contributed by atoms with Gasteiger partial charge in [-0.1, -0.05) is 0 Å². The van der Waals surface area contributed by atoms with E-state index in [1.54, 1.807) is 0 Å². The van der Waals surface area contributed by atoms with E-state index in [1.807, 2.05) is 0 Å². The van der Waals surface area contributed by atoms with Gasteiger partial charge in [-0.15, -0.1) is 0 Å². The van der Waals surface area contributed by atoms with Gasteiger partial charge >= 0.3 is 12.3 Å². The summed E-state index contributed by atoms with van der Waals surface area (Å²) in [7, 11) is 0. The number of nitro benzene ring substituents is 1. The molecule has 0 aliphatic heterocycles. The second-order valence-electron chi connectivity index (χ2n) is 3.51. The molecule has 0 spiro atoms. The third kappa shape index (κ3) is 3.60. The number of halogens is 2. The first-order valence-corrected chi connectivity index (χ1v) is 5.28. The molecule has 19 heavy (non-hydrogen) atoms. The Labute approximate surface area is 107 Å². The highest BCUT2D eigenvalue weighted by atomic mass is 19.1. The number of carbonyl (C=O) groups is 1. The van der Waals surface area contributed by atoms with Gasteiger partial charge in [0.25, 0.3) is 5.69 Å². The van der Waals surface area contributed by atoms with Crippen molar-refractivity contribution in [1.82, 2.24) is 0 Å². The number of hydrogen-bond donors (Lipinski definition) is 0. The van der Waals surface area contributed by atoms with Crippen LogP contribution in [-0.4, -0.2) is 23.9 Å². The van der Waals surface area contributed by atoms with Crippen molar-refractivity contribution < 1.29 is 28.0 Å². The minimum Gasteiger partial charge on any atom is -0.461 e. The highest BCUT2D eigenvalue weighted by molar-refractivity contribution is 5.73. The maximum absolute atomic E-state index is 13.5. The van der Waals surface area contributed by atoms with E-state index in [1.165, 1.54) is 13.8 Å². The summed E-state index contributed by atoms with van der Waals surface area (Å²) in [5.41, 5.74) is -0.381. The van der Waals surface area contributed by atoms with Crippen molar-refractivity contribution >= 4 is 11.7 Å². The van der Waals surface area contributed by atoms with Crippen LogP contribution in [0.2, 0.25) is 0 Å². The van der Waals surface area contributed by atoms with E-state index in [4.69, 9.17) is 0 Å². The van der Waals surface area contributed by atoms with Crippen LogP contribution in [0.1, 0.15) is 12.5 Å². The normalized spacial score (nSPS) is 11.8. The fourth-order valence-electron chi connectivity index (χ4n) is 1.30. The smallest absolute Gasteiger partial charge is 0.381 e. The second-order valence-corrected chi connectivity index (χ2v) is 3.51. The number of benzene rings is 1. The summed E-state index contributed by atoms with van der Waals surface area (Å²) >= 11 is 0. The maximum Gasteiger partial charge on any atom is 0.381 e. The Morgan fingerprint density at radius 3 is 2.68 bits per heavy atom. The first-order chi connectivity index (χ1) is 8.86. The molecule has 0 bridgehead atoms. The molecule has 1 unspecified atom stereocenters. The topological polar surface area (TPSA) is 78.7 Å². The van der Waals surface area contributed by atoms with Crippen LogP contribution in [0.25, 0.3) is 0 Å². The SMILES string of the molecule is CCOC(=O)C(F)Oc1cc(C)c([N+](=O)[O-])cc1F. The predicted molar refractivity (Wildman–Crippen MR) is 59.9 cm³/mol. The van der Waals surface area contributed by atoms with Crippen LogP contribution in [-0.2, 0) is 9.53 Å². The Bertz CT molecular complexity index is 506. The van der Waals surface area contributed by atoms with Gasteiger partial charge in [-0.05, 0) is 19.9 Å². The lowest BCUT2D eigenvalue weighted by Gasteiger charge is -2.11. The first kappa shape index (κ1) is 14.8. The summed E-state index contributed by atoms with van der Waals surface area (Å²) in [6.45, 7) is 2.76. The minimum atomic E-state index is -2.49. The van der Waals surface area contributed by atoms with Gasteiger partial charge in [-0.2, -0.15) is 4.39 Å². The number of nitrogens with zero attached hydrogens (tertiary/aromatic N) is 1. The molecule has 0 N–H and O–H groups in total. The molecule has 0 fully saturated rings. The van der Waals surface area contributed by atoms with Gasteiger partial charge in [0, 0.05) is 5.56 Å². The van der Waals surface area contributed by atoms with Crippen LogP contribution in [0.5, 0.6) is 5.75 Å². The van der Waals surface area contributed by atoms with Crippen LogP contribution < -0.4 is 4.74 Å². The summed E-state index contributed by atoms with van der Waals surface area (Å²) in [5, 5.41) is 10.6. The lowest BCUT2D eigenvalue weighted by molar-refractivity contribution is -0.385. The molecule has 1 rings (SSSR count). The fourth-order valence-corrected chi connectivity index (χ4v) is 1.30. The maximum atomic E-state index is 13.5. The molecule has 0 radical (unpaired) electrons. The largest absolute Gasteiger partial charge is 0.461 e. The molecular weight excluding hydrogens is 264 g/mol. The lowest BCUT2D eigenvalue weighted by atomic mass is 10.2. The van der Waals surface area contributed by atoms with Gasteiger partial charge in [0.05, 0.1) is 17.6 Å². The van der Waals surface area contributed by atoms with E-state index >= 15 is 0 Å². The molecule has 0 saturated carbocycles. The molecule has 1 aromatic rings. The summed E-state index contributed by atoms with van der Waals surface area (Å²) in [6.07, 6.45) is -2.49. The Morgan fingerprint density at radius 2 is 2.16 bits per heavy atom. The molecule has 6 nitrogen and oxygen atoms in total. The molecule has 0 aromatic heterocycles. The highest BCUT2D eigenvalue weighted by Crippen LogP contribution is 2.27. The Balaban J connectivity index is 2.94. The number of rotatable bonds is 5. The third-order valence-corrected chi connectivity index (χ3v) is 2.15. The van der Waals surface area contributed by atoms with Crippen molar-refractivity contribution in [2.45, 2.75) is 20.2 Å². The molecule has 8 heteroatoms. The number of hydrogen-bond acceptors (Lipinski definition) is 5. The predicted octanol–water partition coefficient (Wildman–Crippen LogP) is 2.28. The van der Waals surface area contributed by atoms with E-state index in [2.05, 4.69) is 9.47 Å². The van der Waals surface area contributed by atoms with E-state index in [9.17, 15) is 23.7 Å². The van der Waals surface area contributed by atoms with Crippen LogP contribution >= 0.6 is 0 Å². The zero-order chi connectivity index (χ0) is 14.6. The number of carbonyl (C=O) groups excluding carboxylic acids is 1. The van der Waals surface area contributed by atoms with Crippen molar-refractivity contribution in [1.29, 1.82) is 0 Å². The van der Waals surface area contributed by atoms with Crippen LogP contribution in [0.15, 0.2) is 12.1 Å². The fraction of sp³-hybridized carbons (Fsp3) is 0.364. The zero-order valence-electron chi connectivity index (χ0n) is 10.2. The van der Waals surface area contributed by atoms with E-state index in [-0.39, 0.29) is 12.2 Å². The molecule has 0 aliphatic rings. The van der Waals surface area contributed by atoms with Crippen molar-refractivity contribution in [2.75, 3.05) is 6.61 Å². The van der Waals surface area contributed by atoms with Crippen molar-refractivity contribution in [3.05, 3.63) is 33.6 Å². The Hall–Kier alpha value is -2.25. The summed E-state index contributed by atoms with van der Waals surface area (Å²) in [6, 6.07) is 1.54. The minimum absolute atomic E-state index is 0.0512. The Morgan fingerprint density at radius 1 is 1.53 bits per heavy atom. The molecule has 1 aromatic carbocycles. The van der Waals surface area contributed by atoms with Crippen LogP contribution in [0, 0.1) is 22.9 Å². The number of nitro groups is 1. The number of alkyl halides is 1. The highest BCUT2D eigenvalue weighted by Gasteiger charge is 2.24. The molecule has 1 atom stereocenters. The number of esters is 1. The van der Waals surface area contributed by atoms with Gasteiger partial charge < -0.3 is 9.47 Å². The molecule has 0 aliphatic carbocycles. The second kappa shape index (κ2) is 6.07. The van der Waals surface area contributed by atoms with E-state index in [0.717, 1.165) is 6.07 Å². The number of aryl methyl sites for hydroxylation is 1. The van der Waals surface area contributed by atoms with Crippen molar-refractivity contribution in [2.24, 2.45) is 0 Å². The van der Waals surface area contributed by atoms with Crippen LogP contribution in [0.4, 0.5) is 14.5 Å². The van der Waals surface area contributed by atoms with Crippen molar-refractivity contribution in [3.8, 4) is 5.75 Å². The average Bonchev–Trinajstić information content (AvgIpc) is 2.33. The molecule has 0 amide bonds. The number of ether oxygens (including phenoxy) is 2.